The predicted octanol–water partition coefficient (Wildman–Crippen LogP) is 3.81. The minimum Gasteiger partial charge on any atom is -0.377 e. The van der Waals surface area contributed by atoms with Crippen molar-refractivity contribution in [3.8, 4) is 11.5 Å². The van der Waals surface area contributed by atoms with Crippen LogP contribution in [-0.2, 0) is 14.8 Å². The molecule has 7 nitrogen and oxygen atoms in total. The highest BCUT2D eigenvalue weighted by Gasteiger charge is 2.40. The molecule has 27 heavy (non-hydrogen) atoms. The van der Waals surface area contributed by atoms with Crippen molar-refractivity contribution < 1.29 is 17.7 Å². The Hall–Kier alpha value is -1.93. The topological polar surface area (TPSA) is 94.3 Å². The first-order valence-corrected chi connectivity index (χ1v) is 10.9. The number of nitrogens with one attached hydrogen (secondary N) is 1. The number of aromatic nitrogens is 2. The van der Waals surface area contributed by atoms with Gasteiger partial charge in [-0.15, -0.1) is 0 Å². The molecule has 2 aromatic rings. The van der Waals surface area contributed by atoms with E-state index in [0.717, 1.165) is 12.0 Å². The van der Waals surface area contributed by atoms with Gasteiger partial charge in [0.1, 0.15) is 0 Å². The summed E-state index contributed by atoms with van der Waals surface area (Å²) in [7, 11) is -3.30. The molecular weight excluding hydrogens is 366 g/mol. The summed E-state index contributed by atoms with van der Waals surface area (Å²) in [5.74, 6) is 1.30. The first-order chi connectivity index (χ1) is 12.7. The van der Waals surface area contributed by atoms with Gasteiger partial charge in [-0.05, 0) is 42.5 Å². The van der Waals surface area contributed by atoms with Gasteiger partial charge < -0.3 is 9.26 Å². The van der Waals surface area contributed by atoms with E-state index in [-0.39, 0.29) is 23.2 Å². The lowest BCUT2D eigenvalue weighted by molar-refractivity contribution is 0.0193. The molecule has 2 atom stereocenters. The Kier molecular flexibility index (Phi) is 5.58. The molecule has 0 radical (unpaired) electrons. The molecule has 1 aliphatic rings. The fourth-order valence-corrected chi connectivity index (χ4v) is 4.53. The zero-order chi connectivity index (χ0) is 19.7. The van der Waals surface area contributed by atoms with Gasteiger partial charge in [0.15, 0.2) is 5.82 Å². The highest BCUT2D eigenvalue weighted by atomic mass is 32.2. The predicted molar refractivity (Wildman–Crippen MR) is 104 cm³/mol. The highest BCUT2D eigenvalue weighted by molar-refractivity contribution is 7.92. The van der Waals surface area contributed by atoms with Crippen LogP contribution in [0.1, 0.15) is 52.3 Å². The van der Waals surface area contributed by atoms with Crippen molar-refractivity contribution in [1.29, 1.82) is 0 Å². The van der Waals surface area contributed by atoms with Crippen molar-refractivity contribution >= 4 is 15.7 Å². The van der Waals surface area contributed by atoms with Crippen molar-refractivity contribution in [3.05, 3.63) is 30.1 Å². The zero-order valence-corrected chi connectivity index (χ0v) is 17.0. The smallest absolute Gasteiger partial charge is 0.257 e. The van der Waals surface area contributed by atoms with Crippen molar-refractivity contribution in [2.24, 2.45) is 5.41 Å². The van der Waals surface area contributed by atoms with Gasteiger partial charge in [-0.25, -0.2) is 8.42 Å². The number of nitrogens with zero attached hydrogens (tertiary/aromatic N) is 2. The molecule has 1 N–H and O–H groups in total. The molecule has 3 rings (SSSR count). The average Bonchev–Trinajstić information content (AvgIpc) is 3.23. The quantitative estimate of drug-likeness (QED) is 0.802. The van der Waals surface area contributed by atoms with Crippen LogP contribution in [0.3, 0.4) is 0 Å². The summed E-state index contributed by atoms with van der Waals surface area (Å²) >= 11 is 0. The Balaban J connectivity index is 1.75. The molecule has 1 aromatic carbocycles. The van der Waals surface area contributed by atoms with Crippen molar-refractivity contribution in [2.45, 2.75) is 52.6 Å². The lowest BCUT2D eigenvalue weighted by atomic mass is 9.81. The molecule has 0 saturated carbocycles. The summed E-state index contributed by atoms with van der Waals surface area (Å²) in [6.07, 6.45) is 1.50. The third kappa shape index (κ3) is 4.68. The number of rotatable bonds is 6. The number of anilines is 1. The summed E-state index contributed by atoms with van der Waals surface area (Å²) in [5.41, 5.74) is 1.27. The van der Waals surface area contributed by atoms with Crippen molar-refractivity contribution in [1.82, 2.24) is 10.1 Å². The summed E-state index contributed by atoms with van der Waals surface area (Å²) < 4.78 is 37.6. The van der Waals surface area contributed by atoms with Crippen molar-refractivity contribution in [2.75, 3.05) is 17.1 Å². The second-order valence-electron chi connectivity index (χ2n) is 8.01. The van der Waals surface area contributed by atoms with Gasteiger partial charge in [0.25, 0.3) is 5.89 Å². The zero-order valence-electron chi connectivity index (χ0n) is 16.2. The van der Waals surface area contributed by atoms with E-state index in [0.29, 0.717) is 30.4 Å². The molecular formula is C19H27N3O4S. The number of hydrogen-bond donors (Lipinski definition) is 1. The van der Waals surface area contributed by atoms with Crippen LogP contribution >= 0.6 is 0 Å². The number of hydrogen-bond acceptors (Lipinski definition) is 6. The minimum atomic E-state index is -3.30. The summed E-state index contributed by atoms with van der Waals surface area (Å²) in [4.78, 5) is 4.56. The lowest BCUT2D eigenvalue weighted by Gasteiger charge is -2.29. The maximum absolute atomic E-state index is 11.9. The van der Waals surface area contributed by atoms with E-state index < -0.39 is 10.0 Å². The third-order valence-electron chi connectivity index (χ3n) is 4.60. The van der Waals surface area contributed by atoms with E-state index >= 15 is 0 Å². The third-order valence-corrected chi connectivity index (χ3v) is 6.09. The van der Waals surface area contributed by atoms with E-state index in [1.54, 1.807) is 24.3 Å². The standard InChI is InChI=1S/C19H27N3O4S/c1-5-12-27(23,24)22-14-8-6-13(7-9-14)18-20-17(21-26-18)15-10-11-25-16(15)19(2,3)4/h6-9,15-16,22H,5,10-12H2,1-4H3/t15-,16-/m0/s1. The molecule has 1 aromatic heterocycles. The largest absolute Gasteiger partial charge is 0.377 e. The minimum absolute atomic E-state index is 0.000736. The number of ether oxygens (including phenoxy) is 1. The van der Waals surface area contributed by atoms with Crippen LogP contribution in [0, 0.1) is 5.41 Å². The van der Waals surface area contributed by atoms with E-state index in [4.69, 9.17) is 9.26 Å². The number of benzene rings is 1. The Morgan fingerprint density at radius 3 is 2.56 bits per heavy atom. The van der Waals surface area contributed by atoms with Crippen LogP contribution < -0.4 is 4.72 Å². The molecule has 1 saturated heterocycles. The fraction of sp³-hybridized carbons (Fsp3) is 0.579. The second kappa shape index (κ2) is 7.59. The van der Waals surface area contributed by atoms with Gasteiger partial charge in [0, 0.05) is 17.9 Å². The molecule has 0 aliphatic carbocycles. The molecule has 1 fully saturated rings. The normalized spacial score (nSPS) is 20.7. The van der Waals surface area contributed by atoms with E-state index in [9.17, 15) is 8.42 Å². The molecule has 0 bridgehead atoms. The number of sulfonamides is 1. The van der Waals surface area contributed by atoms with Crippen LogP contribution in [0.15, 0.2) is 28.8 Å². The van der Waals surface area contributed by atoms with Gasteiger partial charge in [0.2, 0.25) is 10.0 Å². The Morgan fingerprint density at radius 2 is 1.93 bits per heavy atom. The molecule has 0 amide bonds. The van der Waals surface area contributed by atoms with E-state index in [1.807, 2.05) is 6.92 Å². The van der Waals surface area contributed by atoms with Crippen LogP contribution in [0.2, 0.25) is 0 Å². The van der Waals surface area contributed by atoms with Gasteiger partial charge in [0.05, 0.1) is 17.8 Å². The van der Waals surface area contributed by atoms with Crippen LogP contribution in [0.4, 0.5) is 5.69 Å². The Labute approximate surface area is 160 Å². The average molecular weight is 394 g/mol. The van der Waals surface area contributed by atoms with Gasteiger partial charge in [-0.1, -0.05) is 32.9 Å². The molecule has 8 heteroatoms. The Morgan fingerprint density at radius 1 is 1.22 bits per heavy atom. The van der Waals surface area contributed by atoms with Gasteiger partial charge in [-0.2, -0.15) is 4.98 Å². The first kappa shape index (κ1) is 19.8. The second-order valence-corrected chi connectivity index (χ2v) is 9.85. The monoisotopic (exact) mass is 393 g/mol. The van der Waals surface area contributed by atoms with Crippen molar-refractivity contribution in [3.63, 3.8) is 0 Å². The van der Waals surface area contributed by atoms with E-state index in [1.165, 1.54) is 0 Å². The first-order valence-electron chi connectivity index (χ1n) is 9.26. The summed E-state index contributed by atoms with van der Waals surface area (Å²) in [5, 5.41) is 4.17. The summed E-state index contributed by atoms with van der Waals surface area (Å²) in [6.45, 7) is 8.97. The van der Waals surface area contributed by atoms with Crippen LogP contribution in [0.5, 0.6) is 0 Å². The highest BCUT2D eigenvalue weighted by Crippen LogP contribution is 2.40. The van der Waals surface area contributed by atoms with Crippen LogP contribution in [0.25, 0.3) is 11.5 Å². The molecule has 1 aliphatic heterocycles. The molecule has 2 heterocycles. The molecule has 148 valence electrons. The SMILES string of the molecule is CCCS(=O)(=O)Nc1ccc(-c2nc([C@H]3CCO[C@@H]3C(C)(C)C)no2)cc1. The van der Waals surface area contributed by atoms with Gasteiger partial charge in [-0.3, -0.25) is 4.72 Å². The van der Waals surface area contributed by atoms with E-state index in [2.05, 4.69) is 35.6 Å². The Bertz CT molecular complexity index is 869. The molecule has 0 unspecified atom stereocenters. The summed E-state index contributed by atoms with van der Waals surface area (Å²) in [6, 6.07) is 6.94. The van der Waals surface area contributed by atoms with Crippen LogP contribution in [-0.4, -0.2) is 37.0 Å². The lowest BCUT2D eigenvalue weighted by Crippen LogP contribution is -2.30. The maximum Gasteiger partial charge on any atom is 0.257 e. The maximum atomic E-state index is 11.9. The molecule has 0 spiro atoms. The fourth-order valence-electron chi connectivity index (χ4n) is 3.39. The van der Waals surface area contributed by atoms with Gasteiger partial charge >= 0.3 is 0 Å².